The van der Waals surface area contributed by atoms with Crippen molar-refractivity contribution in [2.45, 2.75) is 30.9 Å². The Morgan fingerprint density at radius 1 is 1.50 bits per heavy atom. The zero-order valence-electron chi connectivity index (χ0n) is 4.89. The molecule has 1 aliphatic carbocycles. The lowest BCUT2D eigenvalue weighted by molar-refractivity contribution is -0.197. The third-order valence-corrected chi connectivity index (χ3v) is 2.23. The normalized spacial score (nSPS) is 52.9. The second-order valence-electron chi connectivity index (χ2n) is 2.95. The van der Waals surface area contributed by atoms with Crippen molar-refractivity contribution in [3.63, 3.8) is 0 Å². The molecule has 0 aromatic heterocycles. The van der Waals surface area contributed by atoms with Crippen LogP contribution in [0, 0.1) is 0 Å². The van der Waals surface area contributed by atoms with Gasteiger partial charge in [0.2, 0.25) is 0 Å². The molecule has 2 aliphatic rings. The van der Waals surface area contributed by atoms with Crippen LogP contribution in [0.5, 0.6) is 0 Å². The second kappa shape index (κ2) is 1.25. The Morgan fingerprint density at radius 3 is 2.25 bits per heavy atom. The summed E-state index contributed by atoms with van der Waals surface area (Å²) in [5, 5.41) is 0. The maximum absolute atomic E-state index is 5.58. The van der Waals surface area contributed by atoms with Crippen molar-refractivity contribution in [2.24, 2.45) is 5.73 Å². The molecule has 0 radical (unpaired) electrons. The van der Waals surface area contributed by atoms with Gasteiger partial charge in [-0.3, -0.25) is 0 Å². The maximum Gasteiger partial charge on any atom is 0.0734 e. The Balaban J connectivity index is 1.92. The van der Waals surface area contributed by atoms with Crippen LogP contribution >= 0.6 is 0 Å². The Labute approximate surface area is 49.0 Å². The summed E-state index contributed by atoms with van der Waals surface area (Å²) in [5.41, 5.74) is 5.87. The topological polar surface area (TPSA) is 35.2 Å². The van der Waals surface area contributed by atoms with Gasteiger partial charge in [0.15, 0.2) is 0 Å². The first kappa shape index (κ1) is 4.77. The van der Waals surface area contributed by atoms with Crippen LogP contribution < -0.4 is 5.73 Å². The molecule has 0 unspecified atom stereocenters. The molecule has 2 heteroatoms. The summed E-state index contributed by atoms with van der Waals surface area (Å²) in [6, 6.07) is 0.440. The van der Waals surface area contributed by atoms with Crippen LogP contribution in [-0.2, 0) is 4.74 Å². The number of nitrogens with two attached hydrogens (primary N) is 1. The lowest BCUT2D eigenvalue weighted by Crippen LogP contribution is -2.59. The van der Waals surface area contributed by atoms with Crippen LogP contribution in [0.15, 0.2) is 0 Å². The summed E-state index contributed by atoms with van der Waals surface area (Å²) in [6.45, 7) is 0.965. The van der Waals surface area contributed by atoms with Gasteiger partial charge < -0.3 is 10.5 Å². The summed E-state index contributed by atoms with van der Waals surface area (Å²) in [4.78, 5) is 0. The lowest BCUT2D eigenvalue weighted by atomic mass is 9.71. The van der Waals surface area contributed by atoms with Crippen molar-refractivity contribution in [1.82, 2.24) is 0 Å². The molecule has 46 valence electrons. The fraction of sp³-hybridized carbons (Fsp3) is 1.00. The van der Waals surface area contributed by atoms with Gasteiger partial charge in [-0.25, -0.2) is 0 Å². The van der Waals surface area contributed by atoms with E-state index < -0.39 is 0 Å². The Hall–Kier alpha value is -0.0800. The molecule has 0 aromatic rings. The average Bonchev–Trinajstić information content (AvgIpc) is 1.51. The summed E-state index contributed by atoms with van der Waals surface area (Å²) in [7, 11) is 0. The zero-order chi connectivity index (χ0) is 5.61. The van der Waals surface area contributed by atoms with Gasteiger partial charge in [0.05, 0.1) is 12.2 Å². The van der Waals surface area contributed by atoms with Gasteiger partial charge in [-0.15, -0.1) is 0 Å². The van der Waals surface area contributed by atoms with E-state index in [9.17, 15) is 0 Å². The Bertz CT molecular complexity index is 101. The van der Waals surface area contributed by atoms with Crippen molar-refractivity contribution in [1.29, 1.82) is 0 Å². The molecule has 0 amide bonds. The molecule has 0 atom stereocenters. The first-order valence-corrected chi connectivity index (χ1v) is 3.20. The molecule has 1 aliphatic heterocycles. The average molecular weight is 113 g/mol. The van der Waals surface area contributed by atoms with Gasteiger partial charge in [-0.05, 0) is 19.3 Å². The maximum atomic E-state index is 5.58. The van der Waals surface area contributed by atoms with Crippen molar-refractivity contribution in [2.75, 3.05) is 6.61 Å². The fourth-order valence-corrected chi connectivity index (χ4v) is 1.61. The smallest absolute Gasteiger partial charge is 0.0734 e. The number of rotatable bonds is 0. The fourth-order valence-electron chi connectivity index (χ4n) is 1.61. The monoisotopic (exact) mass is 113 g/mol. The summed E-state index contributed by atoms with van der Waals surface area (Å²) in [5.74, 6) is 0. The lowest BCUT2D eigenvalue weighted by Gasteiger charge is -2.52. The van der Waals surface area contributed by atoms with Crippen molar-refractivity contribution in [3.05, 3.63) is 0 Å². The van der Waals surface area contributed by atoms with E-state index in [0.717, 1.165) is 19.4 Å². The van der Waals surface area contributed by atoms with Gasteiger partial charge in [-0.2, -0.15) is 0 Å². The van der Waals surface area contributed by atoms with E-state index in [1.807, 2.05) is 0 Å². The van der Waals surface area contributed by atoms with Gasteiger partial charge in [-0.1, -0.05) is 0 Å². The van der Waals surface area contributed by atoms with E-state index in [0.29, 0.717) is 11.6 Å². The van der Waals surface area contributed by atoms with Crippen LogP contribution in [0.1, 0.15) is 19.3 Å². The highest BCUT2D eigenvalue weighted by molar-refractivity contribution is 5.02. The molecule has 2 N–H and O–H groups in total. The minimum Gasteiger partial charge on any atom is -0.375 e. The molecule has 2 fully saturated rings. The predicted molar refractivity (Wildman–Crippen MR) is 30.5 cm³/mol. The van der Waals surface area contributed by atoms with Crippen LogP contribution in [-0.4, -0.2) is 18.2 Å². The molecular formula is C6H11NO. The molecule has 2 nitrogen and oxygen atoms in total. The van der Waals surface area contributed by atoms with E-state index in [1.54, 1.807) is 0 Å². The highest BCUT2D eigenvalue weighted by Gasteiger charge is 2.48. The summed E-state index contributed by atoms with van der Waals surface area (Å²) >= 11 is 0. The Morgan fingerprint density at radius 2 is 2.12 bits per heavy atom. The molecule has 0 aromatic carbocycles. The predicted octanol–water partition coefficient (Wildman–Crippen LogP) is 0.267. The van der Waals surface area contributed by atoms with Crippen LogP contribution in [0.2, 0.25) is 0 Å². The van der Waals surface area contributed by atoms with Gasteiger partial charge >= 0.3 is 0 Å². The van der Waals surface area contributed by atoms with Crippen LogP contribution in [0.25, 0.3) is 0 Å². The molecule has 2 rings (SSSR count). The van der Waals surface area contributed by atoms with E-state index in [1.165, 1.54) is 6.42 Å². The standard InChI is InChI=1S/C6H11NO/c7-5-3-6(4-5)1-2-8-6/h5H,1-4,7H2. The van der Waals surface area contributed by atoms with E-state index >= 15 is 0 Å². The van der Waals surface area contributed by atoms with Crippen LogP contribution in [0.3, 0.4) is 0 Å². The SMILES string of the molecule is NC1CC2(CCO2)C1. The Kier molecular flexibility index (Phi) is 0.746. The molecule has 1 saturated carbocycles. The van der Waals surface area contributed by atoms with Gasteiger partial charge in [0.25, 0.3) is 0 Å². The first-order valence-electron chi connectivity index (χ1n) is 3.20. The molecule has 1 saturated heterocycles. The third-order valence-electron chi connectivity index (χ3n) is 2.23. The molecule has 1 heterocycles. The number of hydrogen-bond donors (Lipinski definition) is 1. The number of ether oxygens (including phenoxy) is 1. The van der Waals surface area contributed by atoms with Crippen molar-refractivity contribution >= 4 is 0 Å². The minimum atomic E-state index is 0.291. The van der Waals surface area contributed by atoms with E-state index in [-0.39, 0.29) is 0 Å². The van der Waals surface area contributed by atoms with Gasteiger partial charge in [0.1, 0.15) is 0 Å². The minimum absolute atomic E-state index is 0.291. The van der Waals surface area contributed by atoms with Crippen LogP contribution in [0.4, 0.5) is 0 Å². The van der Waals surface area contributed by atoms with Gasteiger partial charge in [0, 0.05) is 6.04 Å². The largest absolute Gasteiger partial charge is 0.375 e. The number of hydrogen-bond acceptors (Lipinski definition) is 2. The summed E-state index contributed by atoms with van der Waals surface area (Å²) in [6.07, 6.45) is 3.46. The molecule has 8 heavy (non-hydrogen) atoms. The quantitative estimate of drug-likeness (QED) is 0.489. The zero-order valence-corrected chi connectivity index (χ0v) is 4.89. The van der Waals surface area contributed by atoms with Crippen molar-refractivity contribution in [3.8, 4) is 0 Å². The van der Waals surface area contributed by atoms with Crippen molar-refractivity contribution < 1.29 is 4.74 Å². The second-order valence-corrected chi connectivity index (χ2v) is 2.95. The summed E-state index contributed by atoms with van der Waals surface area (Å²) < 4.78 is 5.34. The van der Waals surface area contributed by atoms with E-state index in [2.05, 4.69) is 0 Å². The molecule has 1 spiro atoms. The van der Waals surface area contributed by atoms with E-state index in [4.69, 9.17) is 10.5 Å². The first-order chi connectivity index (χ1) is 3.81. The highest BCUT2D eigenvalue weighted by Crippen LogP contribution is 2.43. The molecule has 0 bridgehead atoms. The third kappa shape index (κ3) is 0.446. The molecular weight excluding hydrogens is 102 g/mol. The highest BCUT2D eigenvalue weighted by atomic mass is 16.5.